The molecule has 1 amide bonds. The third-order valence-electron chi connectivity index (χ3n) is 6.01. The van der Waals surface area contributed by atoms with Gasteiger partial charge in [0.2, 0.25) is 0 Å². The predicted octanol–water partition coefficient (Wildman–Crippen LogP) is 4.36. The Morgan fingerprint density at radius 2 is 1.72 bits per heavy atom. The standard InChI is InChI=1S/C24H31N3O2/c1-5-25-11-13-26(14-12-25)23(28)21-16-22-20(10-15-29-22)27(21)17-18-6-8-19(9-7-18)24(2,3)4/h6-10,15-16H,5,11-14,17H2,1-4H3. The summed E-state index contributed by atoms with van der Waals surface area (Å²) >= 11 is 0. The van der Waals surface area contributed by atoms with Crippen molar-refractivity contribution in [3.05, 3.63) is 59.5 Å². The number of carbonyl (C=O) groups excluding carboxylic acids is 1. The van der Waals surface area contributed by atoms with Crippen LogP contribution < -0.4 is 0 Å². The molecule has 0 radical (unpaired) electrons. The van der Waals surface area contributed by atoms with Gasteiger partial charge in [-0.2, -0.15) is 0 Å². The van der Waals surface area contributed by atoms with Gasteiger partial charge in [0.05, 0.1) is 11.8 Å². The molecule has 1 aliphatic rings. The molecule has 2 aromatic heterocycles. The highest BCUT2D eigenvalue weighted by Gasteiger charge is 2.25. The van der Waals surface area contributed by atoms with Crippen LogP contribution in [0.25, 0.3) is 11.1 Å². The van der Waals surface area contributed by atoms with Crippen molar-refractivity contribution < 1.29 is 9.21 Å². The number of benzene rings is 1. The molecule has 0 bridgehead atoms. The second kappa shape index (κ2) is 7.71. The van der Waals surface area contributed by atoms with Gasteiger partial charge in [-0.05, 0) is 23.1 Å². The van der Waals surface area contributed by atoms with Crippen molar-refractivity contribution >= 4 is 17.0 Å². The quantitative estimate of drug-likeness (QED) is 0.661. The number of hydrogen-bond donors (Lipinski definition) is 0. The molecular weight excluding hydrogens is 362 g/mol. The van der Waals surface area contributed by atoms with Gasteiger partial charge in [0.25, 0.3) is 5.91 Å². The number of nitrogens with zero attached hydrogens (tertiary/aromatic N) is 3. The molecule has 29 heavy (non-hydrogen) atoms. The van der Waals surface area contributed by atoms with Gasteiger partial charge in [-0.25, -0.2) is 0 Å². The van der Waals surface area contributed by atoms with Gasteiger partial charge in [0.1, 0.15) is 5.69 Å². The van der Waals surface area contributed by atoms with E-state index < -0.39 is 0 Å². The molecule has 1 aromatic carbocycles. The lowest BCUT2D eigenvalue weighted by Crippen LogP contribution is -2.48. The van der Waals surface area contributed by atoms with E-state index in [-0.39, 0.29) is 11.3 Å². The van der Waals surface area contributed by atoms with E-state index in [0.29, 0.717) is 12.2 Å². The second-order valence-corrected chi connectivity index (χ2v) is 8.96. The first-order valence-corrected chi connectivity index (χ1v) is 10.5. The highest BCUT2D eigenvalue weighted by molar-refractivity contribution is 5.97. The van der Waals surface area contributed by atoms with E-state index in [1.807, 2.05) is 17.0 Å². The molecule has 3 heterocycles. The number of carbonyl (C=O) groups is 1. The Morgan fingerprint density at radius 3 is 2.34 bits per heavy atom. The molecule has 1 fully saturated rings. The molecular formula is C24H31N3O2. The van der Waals surface area contributed by atoms with E-state index in [1.165, 1.54) is 11.1 Å². The Hall–Kier alpha value is -2.53. The van der Waals surface area contributed by atoms with Crippen LogP contribution in [0, 0.1) is 0 Å². The number of piperazine rings is 1. The average molecular weight is 394 g/mol. The summed E-state index contributed by atoms with van der Waals surface area (Å²) in [6.45, 7) is 14.0. The zero-order valence-electron chi connectivity index (χ0n) is 17.9. The fourth-order valence-electron chi connectivity index (χ4n) is 4.05. The normalized spacial score (nSPS) is 15.9. The monoisotopic (exact) mass is 393 g/mol. The number of aromatic nitrogens is 1. The zero-order chi connectivity index (χ0) is 20.6. The van der Waals surface area contributed by atoms with Crippen molar-refractivity contribution in [1.29, 1.82) is 0 Å². The molecule has 0 saturated carbocycles. The van der Waals surface area contributed by atoms with Gasteiger partial charge >= 0.3 is 0 Å². The van der Waals surface area contributed by atoms with Gasteiger partial charge in [-0.1, -0.05) is 52.0 Å². The van der Waals surface area contributed by atoms with Crippen LogP contribution in [-0.2, 0) is 12.0 Å². The first-order chi connectivity index (χ1) is 13.9. The minimum Gasteiger partial charge on any atom is -0.463 e. The second-order valence-electron chi connectivity index (χ2n) is 8.96. The number of hydrogen-bond acceptors (Lipinski definition) is 3. The number of likely N-dealkylation sites (N-methyl/N-ethyl adjacent to an activating group) is 1. The molecule has 5 nitrogen and oxygen atoms in total. The van der Waals surface area contributed by atoms with Crippen molar-refractivity contribution in [2.45, 2.75) is 39.7 Å². The summed E-state index contributed by atoms with van der Waals surface area (Å²) in [5.74, 6) is 0.0958. The van der Waals surface area contributed by atoms with Crippen LogP contribution in [0.5, 0.6) is 0 Å². The number of amides is 1. The number of furan rings is 1. The SMILES string of the molecule is CCN1CCN(C(=O)c2cc3occc3n2Cc2ccc(C(C)(C)C)cc2)CC1. The maximum Gasteiger partial charge on any atom is 0.270 e. The fourth-order valence-corrected chi connectivity index (χ4v) is 4.05. The summed E-state index contributed by atoms with van der Waals surface area (Å²) in [4.78, 5) is 17.7. The van der Waals surface area contributed by atoms with E-state index in [0.717, 1.165) is 43.8 Å². The molecule has 0 N–H and O–H groups in total. The molecule has 0 unspecified atom stereocenters. The third kappa shape index (κ3) is 3.97. The molecule has 5 heteroatoms. The topological polar surface area (TPSA) is 41.6 Å². The van der Waals surface area contributed by atoms with E-state index in [1.54, 1.807) is 6.26 Å². The minimum absolute atomic E-state index is 0.0958. The minimum atomic E-state index is 0.0958. The highest BCUT2D eigenvalue weighted by atomic mass is 16.3. The maximum absolute atomic E-state index is 13.3. The van der Waals surface area contributed by atoms with E-state index >= 15 is 0 Å². The lowest BCUT2D eigenvalue weighted by molar-refractivity contribution is 0.0633. The lowest BCUT2D eigenvalue weighted by Gasteiger charge is -2.34. The van der Waals surface area contributed by atoms with Gasteiger partial charge in [-0.3, -0.25) is 4.79 Å². The van der Waals surface area contributed by atoms with Crippen LogP contribution in [0.1, 0.15) is 49.3 Å². The molecule has 1 aliphatic heterocycles. The molecule has 1 saturated heterocycles. The Bertz CT molecular complexity index is 983. The Balaban J connectivity index is 1.61. The van der Waals surface area contributed by atoms with Crippen LogP contribution in [0.4, 0.5) is 0 Å². The smallest absolute Gasteiger partial charge is 0.270 e. The van der Waals surface area contributed by atoms with Crippen molar-refractivity contribution in [1.82, 2.24) is 14.4 Å². The first kappa shape index (κ1) is 19.8. The molecule has 0 atom stereocenters. The summed E-state index contributed by atoms with van der Waals surface area (Å²) in [5, 5.41) is 0. The van der Waals surface area contributed by atoms with Gasteiger partial charge in [0.15, 0.2) is 5.58 Å². The summed E-state index contributed by atoms with van der Waals surface area (Å²) in [7, 11) is 0. The number of fused-ring (bicyclic) bond motifs is 1. The highest BCUT2D eigenvalue weighted by Crippen LogP contribution is 2.26. The van der Waals surface area contributed by atoms with Gasteiger partial charge in [0, 0.05) is 44.9 Å². The summed E-state index contributed by atoms with van der Waals surface area (Å²) in [6, 6.07) is 12.6. The van der Waals surface area contributed by atoms with Crippen molar-refractivity contribution in [2.75, 3.05) is 32.7 Å². The molecule has 3 aromatic rings. The van der Waals surface area contributed by atoms with Gasteiger partial charge < -0.3 is 18.8 Å². The summed E-state index contributed by atoms with van der Waals surface area (Å²) in [6.07, 6.45) is 1.69. The maximum atomic E-state index is 13.3. The Kier molecular flexibility index (Phi) is 5.26. The molecule has 0 spiro atoms. The Morgan fingerprint density at radius 1 is 1.03 bits per heavy atom. The van der Waals surface area contributed by atoms with Crippen LogP contribution in [0.2, 0.25) is 0 Å². The molecule has 0 aliphatic carbocycles. The number of rotatable bonds is 4. The first-order valence-electron chi connectivity index (χ1n) is 10.5. The van der Waals surface area contributed by atoms with Crippen LogP contribution in [0.15, 0.2) is 47.1 Å². The average Bonchev–Trinajstić information content (AvgIpc) is 3.30. The van der Waals surface area contributed by atoms with E-state index in [2.05, 4.69) is 61.4 Å². The summed E-state index contributed by atoms with van der Waals surface area (Å²) in [5.41, 5.74) is 5.08. The van der Waals surface area contributed by atoms with Crippen LogP contribution in [-0.4, -0.2) is 53.0 Å². The van der Waals surface area contributed by atoms with Gasteiger partial charge in [-0.15, -0.1) is 0 Å². The predicted molar refractivity (Wildman–Crippen MR) is 116 cm³/mol. The van der Waals surface area contributed by atoms with Crippen LogP contribution in [0.3, 0.4) is 0 Å². The van der Waals surface area contributed by atoms with E-state index in [9.17, 15) is 4.79 Å². The van der Waals surface area contributed by atoms with Crippen molar-refractivity contribution in [3.63, 3.8) is 0 Å². The lowest BCUT2D eigenvalue weighted by atomic mass is 9.87. The largest absolute Gasteiger partial charge is 0.463 e. The van der Waals surface area contributed by atoms with Crippen molar-refractivity contribution in [2.24, 2.45) is 0 Å². The molecule has 4 rings (SSSR count). The summed E-state index contributed by atoms with van der Waals surface area (Å²) < 4.78 is 7.71. The van der Waals surface area contributed by atoms with Crippen LogP contribution >= 0.6 is 0 Å². The third-order valence-corrected chi connectivity index (χ3v) is 6.01. The van der Waals surface area contributed by atoms with E-state index in [4.69, 9.17) is 4.42 Å². The molecule has 154 valence electrons. The van der Waals surface area contributed by atoms with Crippen molar-refractivity contribution in [3.8, 4) is 0 Å². The zero-order valence-corrected chi connectivity index (χ0v) is 17.9. The Labute approximate surface area is 172 Å². The fraction of sp³-hybridized carbons (Fsp3) is 0.458.